The van der Waals surface area contributed by atoms with Crippen LogP contribution in [-0.2, 0) is 9.59 Å². The van der Waals surface area contributed by atoms with Crippen molar-refractivity contribution in [3.63, 3.8) is 0 Å². The third kappa shape index (κ3) is 3.71. The van der Waals surface area contributed by atoms with Crippen LogP contribution < -0.4 is 15.0 Å². The normalized spacial score (nSPS) is 13.7. The number of anilines is 2. The van der Waals surface area contributed by atoms with Gasteiger partial charge in [-0.1, -0.05) is 54.6 Å². The number of benzene rings is 4. The quantitative estimate of drug-likeness (QED) is 0.389. The zero-order valence-electron chi connectivity index (χ0n) is 19.3. The fourth-order valence-electron chi connectivity index (χ4n) is 4.45. The van der Waals surface area contributed by atoms with E-state index in [1.54, 1.807) is 31.4 Å². The molecule has 0 fully saturated rings. The summed E-state index contributed by atoms with van der Waals surface area (Å²) in [6.07, 6.45) is 0. The van der Waals surface area contributed by atoms with Crippen molar-refractivity contribution >= 4 is 39.5 Å². The molecule has 5 heteroatoms. The van der Waals surface area contributed by atoms with E-state index in [0.29, 0.717) is 22.6 Å². The number of rotatable bonds is 5. The number of fused-ring (bicyclic) bond motifs is 1. The first-order valence-electron chi connectivity index (χ1n) is 11.1. The Bertz CT molecular complexity index is 1440. The van der Waals surface area contributed by atoms with Gasteiger partial charge >= 0.3 is 0 Å². The van der Waals surface area contributed by atoms with Crippen LogP contribution in [0.25, 0.3) is 16.3 Å². The summed E-state index contributed by atoms with van der Waals surface area (Å²) in [6.45, 7) is 3.91. The minimum absolute atomic E-state index is 0.255. The molecule has 34 heavy (non-hydrogen) atoms. The first-order valence-corrected chi connectivity index (χ1v) is 11.1. The molecule has 168 valence electrons. The molecule has 0 saturated heterocycles. The molecule has 0 spiro atoms. The highest BCUT2D eigenvalue weighted by Crippen LogP contribution is 2.36. The van der Waals surface area contributed by atoms with Crippen LogP contribution in [0.1, 0.15) is 16.7 Å². The number of nitrogens with one attached hydrogen (secondary N) is 1. The van der Waals surface area contributed by atoms with Crippen LogP contribution in [0.2, 0.25) is 0 Å². The highest BCUT2D eigenvalue weighted by molar-refractivity contribution is 6.46. The molecule has 1 aliphatic heterocycles. The Labute approximate surface area is 198 Å². The second kappa shape index (κ2) is 8.52. The van der Waals surface area contributed by atoms with Crippen LogP contribution in [0.15, 0.2) is 90.6 Å². The molecule has 1 N–H and O–H groups in total. The van der Waals surface area contributed by atoms with E-state index in [9.17, 15) is 9.59 Å². The van der Waals surface area contributed by atoms with E-state index in [-0.39, 0.29) is 17.5 Å². The minimum atomic E-state index is -0.381. The minimum Gasteiger partial charge on any atom is -0.497 e. The maximum atomic E-state index is 13.7. The van der Waals surface area contributed by atoms with E-state index in [1.807, 2.05) is 74.5 Å². The lowest BCUT2D eigenvalue weighted by Crippen LogP contribution is -2.32. The van der Waals surface area contributed by atoms with Crippen molar-refractivity contribution in [2.24, 2.45) is 0 Å². The Morgan fingerprint density at radius 2 is 1.44 bits per heavy atom. The standard InChI is InChI=1S/C29H24N2O3/c1-18-15-19(2)17-22(16-18)31-28(32)26(21-11-13-23(34-3)14-12-21)27(29(31)33)30-25-10-6-8-20-7-4-5-9-24(20)25/h4-17,30H,1-3H3. The number of hydrogen-bond acceptors (Lipinski definition) is 4. The second-order valence-corrected chi connectivity index (χ2v) is 8.42. The molecule has 2 amide bonds. The maximum Gasteiger partial charge on any atom is 0.282 e. The SMILES string of the molecule is COc1ccc(C2=C(Nc3cccc4ccccc34)C(=O)N(c3cc(C)cc(C)c3)C2=O)cc1. The lowest BCUT2D eigenvalue weighted by molar-refractivity contribution is -0.120. The average Bonchev–Trinajstić information content (AvgIpc) is 3.08. The molecule has 1 heterocycles. The zero-order chi connectivity index (χ0) is 23.8. The number of imide groups is 1. The van der Waals surface area contributed by atoms with Crippen molar-refractivity contribution in [1.29, 1.82) is 0 Å². The summed E-state index contributed by atoms with van der Waals surface area (Å²) in [7, 11) is 1.59. The molecule has 0 aromatic heterocycles. The van der Waals surface area contributed by atoms with Crippen LogP contribution in [0.4, 0.5) is 11.4 Å². The summed E-state index contributed by atoms with van der Waals surface area (Å²) in [5.41, 5.74) is 4.53. The molecule has 4 aromatic carbocycles. The number of carbonyl (C=O) groups excluding carboxylic acids is 2. The van der Waals surface area contributed by atoms with Crippen LogP contribution in [0.3, 0.4) is 0 Å². The van der Waals surface area contributed by atoms with Gasteiger partial charge < -0.3 is 10.1 Å². The summed E-state index contributed by atoms with van der Waals surface area (Å²) < 4.78 is 5.27. The summed E-state index contributed by atoms with van der Waals surface area (Å²) in [4.78, 5) is 28.7. The van der Waals surface area contributed by atoms with Crippen molar-refractivity contribution in [2.45, 2.75) is 13.8 Å². The van der Waals surface area contributed by atoms with Gasteiger partial charge in [-0.2, -0.15) is 0 Å². The summed E-state index contributed by atoms with van der Waals surface area (Å²) in [6, 6.07) is 26.7. The van der Waals surface area contributed by atoms with E-state index in [0.717, 1.165) is 27.6 Å². The molecule has 0 unspecified atom stereocenters. The van der Waals surface area contributed by atoms with Crippen LogP contribution in [0, 0.1) is 13.8 Å². The van der Waals surface area contributed by atoms with Crippen molar-refractivity contribution in [2.75, 3.05) is 17.3 Å². The highest BCUT2D eigenvalue weighted by Gasteiger charge is 2.40. The monoisotopic (exact) mass is 448 g/mol. The lowest BCUT2D eigenvalue weighted by Gasteiger charge is -2.17. The predicted molar refractivity (Wildman–Crippen MR) is 136 cm³/mol. The number of amides is 2. The summed E-state index contributed by atoms with van der Waals surface area (Å²) in [5, 5.41) is 5.32. The molecule has 5 rings (SSSR count). The number of hydrogen-bond donors (Lipinski definition) is 1. The van der Waals surface area contributed by atoms with Crippen LogP contribution >= 0.6 is 0 Å². The van der Waals surface area contributed by atoms with Gasteiger partial charge in [0.25, 0.3) is 11.8 Å². The van der Waals surface area contributed by atoms with Gasteiger partial charge in [0.1, 0.15) is 11.4 Å². The van der Waals surface area contributed by atoms with Gasteiger partial charge in [-0.05, 0) is 66.3 Å². The van der Waals surface area contributed by atoms with Crippen LogP contribution in [-0.4, -0.2) is 18.9 Å². The molecule has 0 radical (unpaired) electrons. The second-order valence-electron chi connectivity index (χ2n) is 8.42. The van der Waals surface area contributed by atoms with Gasteiger partial charge in [-0.15, -0.1) is 0 Å². The lowest BCUT2D eigenvalue weighted by atomic mass is 10.0. The van der Waals surface area contributed by atoms with E-state index in [1.165, 1.54) is 4.90 Å². The first-order chi connectivity index (χ1) is 16.5. The van der Waals surface area contributed by atoms with E-state index in [4.69, 9.17) is 4.74 Å². The molecule has 4 aromatic rings. The van der Waals surface area contributed by atoms with E-state index in [2.05, 4.69) is 5.32 Å². The molecular formula is C29H24N2O3. The number of aryl methyl sites for hydroxylation is 2. The van der Waals surface area contributed by atoms with Crippen molar-refractivity contribution in [3.8, 4) is 5.75 Å². The molecule has 0 bridgehead atoms. The average molecular weight is 449 g/mol. The molecular weight excluding hydrogens is 424 g/mol. The number of methoxy groups -OCH3 is 1. The van der Waals surface area contributed by atoms with Crippen molar-refractivity contribution < 1.29 is 14.3 Å². The Hall–Kier alpha value is -4.38. The Morgan fingerprint density at radius 1 is 0.765 bits per heavy atom. The van der Waals surface area contributed by atoms with Gasteiger partial charge in [0.05, 0.1) is 18.4 Å². The predicted octanol–water partition coefficient (Wildman–Crippen LogP) is 5.86. The van der Waals surface area contributed by atoms with Crippen molar-refractivity contribution in [1.82, 2.24) is 0 Å². The molecule has 5 nitrogen and oxygen atoms in total. The largest absolute Gasteiger partial charge is 0.497 e. The summed E-state index contributed by atoms with van der Waals surface area (Å²) >= 11 is 0. The maximum absolute atomic E-state index is 13.7. The highest BCUT2D eigenvalue weighted by atomic mass is 16.5. The first kappa shape index (κ1) is 21.5. The topological polar surface area (TPSA) is 58.6 Å². The van der Waals surface area contributed by atoms with Crippen LogP contribution in [0.5, 0.6) is 5.75 Å². The molecule has 0 atom stereocenters. The Morgan fingerprint density at radius 3 is 2.15 bits per heavy atom. The van der Waals surface area contributed by atoms with E-state index >= 15 is 0 Å². The van der Waals surface area contributed by atoms with Gasteiger partial charge in [-0.3, -0.25) is 9.59 Å². The fourth-order valence-corrected chi connectivity index (χ4v) is 4.45. The third-order valence-corrected chi connectivity index (χ3v) is 5.98. The number of carbonyl (C=O) groups is 2. The third-order valence-electron chi connectivity index (χ3n) is 5.98. The Kier molecular flexibility index (Phi) is 5.38. The van der Waals surface area contributed by atoms with Gasteiger partial charge in [0.15, 0.2) is 0 Å². The van der Waals surface area contributed by atoms with E-state index < -0.39 is 0 Å². The molecule has 1 aliphatic rings. The summed E-state index contributed by atoms with van der Waals surface area (Å²) in [5.74, 6) is -0.0625. The van der Waals surface area contributed by atoms with Gasteiger partial charge in [0.2, 0.25) is 0 Å². The smallest absolute Gasteiger partial charge is 0.282 e. The molecule has 0 saturated carbocycles. The fraction of sp³-hybridized carbons (Fsp3) is 0.103. The molecule has 0 aliphatic carbocycles. The number of ether oxygens (including phenoxy) is 1. The Balaban J connectivity index is 1.66. The van der Waals surface area contributed by atoms with Crippen molar-refractivity contribution in [3.05, 3.63) is 107 Å². The van der Waals surface area contributed by atoms with Gasteiger partial charge in [0, 0.05) is 11.1 Å². The number of nitrogens with zero attached hydrogens (tertiary/aromatic N) is 1. The van der Waals surface area contributed by atoms with Gasteiger partial charge in [-0.25, -0.2) is 4.90 Å². The zero-order valence-corrected chi connectivity index (χ0v) is 19.3.